The number of allylic oxidation sites excluding steroid dienone is 3. The Morgan fingerprint density at radius 3 is 2.18 bits per heavy atom. The normalized spacial score (nSPS) is 15.0. The first-order valence-electron chi connectivity index (χ1n) is 17.6. The summed E-state index contributed by atoms with van der Waals surface area (Å²) in [4.78, 5) is 1.37. The van der Waals surface area contributed by atoms with Crippen molar-refractivity contribution in [3.63, 3.8) is 0 Å². The molecule has 244 valence electrons. The van der Waals surface area contributed by atoms with E-state index in [0.29, 0.717) is 11.2 Å². The van der Waals surface area contributed by atoms with Gasteiger partial charge in [0.1, 0.15) is 11.2 Å². The highest BCUT2D eigenvalue weighted by atomic mass is 32.2. The molecular weight excluding hydrogens is 627 g/mol. The molecule has 0 radical (unpaired) electrons. The molecule has 1 aliphatic carbocycles. The van der Waals surface area contributed by atoms with E-state index < -0.39 is 0 Å². The molecule has 0 aliphatic heterocycles. The monoisotopic (exact) mass is 665 g/mol. The third-order valence-corrected chi connectivity index (χ3v) is 11.7. The van der Waals surface area contributed by atoms with Crippen LogP contribution in [0, 0.1) is 6.92 Å². The molecule has 1 aliphatic rings. The number of furan rings is 1. The second-order valence-electron chi connectivity index (χ2n) is 14.0. The highest BCUT2D eigenvalue weighted by Gasteiger charge is 2.21. The Kier molecular flexibility index (Phi) is 7.55. The van der Waals surface area contributed by atoms with Crippen LogP contribution in [-0.4, -0.2) is 9.82 Å². The van der Waals surface area contributed by atoms with Gasteiger partial charge in [-0.15, -0.1) is 11.8 Å². The number of nitrogens with zero attached hydrogens (tertiary/aromatic N) is 1. The average Bonchev–Trinajstić information content (AvgIpc) is 3.67. The van der Waals surface area contributed by atoms with Crippen molar-refractivity contribution in [2.45, 2.75) is 50.2 Å². The lowest BCUT2D eigenvalue weighted by Crippen LogP contribution is -2.08. The van der Waals surface area contributed by atoms with Gasteiger partial charge in [0.2, 0.25) is 0 Å². The van der Waals surface area contributed by atoms with Crippen LogP contribution in [0.5, 0.6) is 0 Å². The summed E-state index contributed by atoms with van der Waals surface area (Å²) >= 11 is 1.98. The first-order valence-corrected chi connectivity index (χ1v) is 18.5. The molecule has 0 saturated heterocycles. The number of thioether (sulfide) groups is 1. The number of rotatable bonds is 6. The number of para-hydroxylation sites is 2. The van der Waals surface area contributed by atoms with Gasteiger partial charge in [0.05, 0.1) is 11.0 Å². The molecule has 8 aromatic rings. The topological polar surface area (TPSA) is 18.1 Å². The van der Waals surface area contributed by atoms with Crippen LogP contribution in [0.15, 0.2) is 154 Å². The fraction of sp³-hybridized carbons (Fsp3) is 0.149. The van der Waals surface area contributed by atoms with Crippen molar-refractivity contribution in [2.24, 2.45) is 0 Å². The standard InChI is InChI=1S/C47H39NOS/c1-29(2)40-28-34(19-21-37(40)36-22-20-35(25-31(36)4)50-47-16-10-5-11-30(47)3)48-43-14-8-6-12-38(43)41-26-32(17-23-44(41)48)33-18-24-46-42(27-33)39-13-7-9-15-45(39)49-46/h5-24,26-29,35H,25H2,1-4H3. The Hall–Kier alpha value is -5.25. The van der Waals surface area contributed by atoms with Crippen LogP contribution < -0.4 is 0 Å². The molecule has 50 heavy (non-hydrogen) atoms. The van der Waals surface area contributed by atoms with Crippen LogP contribution >= 0.6 is 11.8 Å². The molecule has 2 aromatic heterocycles. The Morgan fingerprint density at radius 2 is 1.36 bits per heavy atom. The van der Waals surface area contributed by atoms with E-state index in [4.69, 9.17) is 4.42 Å². The highest BCUT2D eigenvalue weighted by molar-refractivity contribution is 8.00. The van der Waals surface area contributed by atoms with Gasteiger partial charge in [0.15, 0.2) is 0 Å². The average molecular weight is 666 g/mol. The highest BCUT2D eigenvalue weighted by Crippen LogP contribution is 2.41. The molecule has 0 N–H and O–H groups in total. The minimum atomic E-state index is 0.381. The number of benzene rings is 6. The van der Waals surface area contributed by atoms with Crippen LogP contribution in [0.2, 0.25) is 0 Å². The van der Waals surface area contributed by atoms with Gasteiger partial charge in [-0.05, 0) is 114 Å². The summed E-state index contributed by atoms with van der Waals surface area (Å²) in [5.74, 6) is 0.381. The molecule has 6 aromatic carbocycles. The van der Waals surface area contributed by atoms with E-state index in [0.717, 1.165) is 28.4 Å². The number of fused-ring (bicyclic) bond motifs is 6. The Labute approximate surface area is 297 Å². The van der Waals surface area contributed by atoms with Crippen molar-refractivity contribution in [3.8, 4) is 16.8 Å². The van der Waals surface area contributed by atoms with Gasteiger partial charge in [0.25, 0.3) is 0 Å². The first kappa shape index (κ1) is 30.8. The van der Waals surface area contributed by atoms with Crippen molar-refractivity contribution >= 4 is 61.1 Å². The summed E-state index contributed by atoms with van der Waals surface area (Å²) in [6.45, 7) is 9.17. The smallest absolute Gasteiger partial charge is 0.135 e. The van der Waals surface area contributed by atoms with E-state index in [1.54, 1.807) is 0 Å². The minimum Gasteiger partial charge on any atom is -0.456 e. The Balaban J connectivity index is 1.11. The number of hydrogen-bond acceptors (Lipinski definition) is 2. The zero-order valence-corrected chi connectivity index (χ0v) is 29.7. The van der Waals surface area contributed by atoms with Crippen LogP contribution in [0.25, 0.3) is 66.1 Å². The largest absolute Gasteiger partial charge is 0.456 e. The Morgan fingerprint density at radius 1 is 0.660 bits per heavy atom. The third kappa shape index (κ3) is 5.20. The quantitative estimate of drug-likeness (QED) is 0.176. The fourth-order valence-corrected chi connectivity index (χ4v) is 9.05. The maximum absolute atomic E-state index is 6.12. The lowest BCUT2D eigenvalue weighted by molar-refractivity contribution is 0.669. The van der Waals surface area contributed by atoms with E-state index in [2.05, 4.69) is 160 Å². The van der Waals surface area contributed by atoms with Gasteiger partial charge in [-0.2, -0.15) is 0 Å². The molecule has 0 spiro atoms. The van der Waals surface area contributed by atoms with Crippen LogP contribution in [-0.2, 0) is 0 Å². The molecule has 2 nitrogen and oxygen atoms in total. The van der Waals surface area contributed by atoms with Crippen LogP contribution in [0.3, 0.4) is 0 Å². The van der Waals surface area contributed by atoms with E-state index in [-0.39, 0.29) is 0 Å². The van der Waals surface area contributed by atoms with Gasteiger partial charge < -0.3 is 8.98 Å². The predicted octanol–water partition coefficient (Wildman–Crippen LogP) is 13.7. The van der Waals surface area contributed by atoms with E-state index >= 15 is 0 Å². The first-order chi connectivity index (χ1) is 24.4. The van der Waals surface area contributed by atoms with Crippen molar-refractivity contribution < 1.29 is 4.42 Å². The molecule has 1 unspecified atom stereocenters. The second kappa shape index (κ2) is 12.3. The summed E-state index contributed by atoms with van der Waals surface area (Å²) in [6.07, 6.45) is 5.85. The van der Waals surface area contributed by atoms with E-state index in [1.165, 1.54) is 71.4 Å². The van der Waals surface area contributed by atoms with Crippen molar-refractivity contribution in [3.05, 3.63) is 162 Å². The molecule has 1 atom stereocenters. The number of aromatic nitrogens is 1. The van der Waals surface area contributed by atoms with Gasteiger partial charge in [-0.25, -0.2) is 0 Å². The van der Waals surface area contributed by atoms with Crippen molar-refractivity contribution in [2.75, 3.05) is 0 Å². The predicted molar refractivity (Wildman–Crippen MR) is 215 cm³/mol. The fourth-order valence-electron chi connectivity index (χ4n) is 7.83. The van der Waals surface area contributed by atoms with Gasteiger partial charge in [0, 0.05) is 37.4 Å². The van der Waals surface area contributed by atoms with Crippen LogP contribution in [0.4, 0.5) is 0 Å². The van der Waals surface area contributed by atoms with Gasteiger partial charge in [-0.1, -0.05) is 104 Å². The van der Waals surface area contributed by atoms with Crippen molar-refractivity contribution in [1.82, 2.24) is 4.57 Å². The zero-order chi connectivity index (χ0) is 33.9. The maximum atomic E-state index is 6.12. The van der Waals surface area contributed by atoms with Crippen LogP contribution in [0.1, 0.15) is 49.8 Å². The van der Waals surface area contributed by atoms with Gasteiger partial charge in [-0.3, -0.25) is 0 Å². The summed E-state index contributed by atoms with van der Waals surface area (Å²) in [5.41, 5.74) is 14.8. The maximum Gasteiger partial charge on any atom is 0.135 e. The summed E-state index contributed by atoms with van der Waals surface area (Å²) in [5, 5.41) is 5.28. The molecule has 0 fully saturated rings. The van der Waals surface area contributed by atoms with Gasteiger partial charge >= 0.3 is 0 Å². The molecular formula is C47H39NOS. The zero-order valence-electron chi connectivity index (χ0n) is 28.9. The lowest BCUT2D eigenvalue weighted by Gasteiger charge is -2.24. The van der Waals surface area contributed by atoms with E-state index in [1.807, 2.05) is 23.9 Å². The summed E-state index contributed by atoms with van der Waals surface area (Å²) < 4.78 is 8.57. The number of aryl methyl sites for hydroxylation is 1. The molecule has 0 saturated carbocycles. The summed E-state index contributed by atoms with van der Waals surface area (Å²) in [7, 11) is 0. The molecule has 0 bridgehead atoms. The third-order valence-electron chi connectivity index (χ3n) is 10.4. The number of hydrogen-bond donors (Lipinski definition) is 0. The summed E-state index contributed by atoms with van der Waals surface area (Å²) in [6, 6.07) is 46.4. The molecule has 3 heteroatoms. The lowest BCUT2D eigenvalue weighted by atomic mass is 9.86. The second-order valence-corrected chi connectivity index (χ2v) is 15.3. The molecule has 0 amide bonds. The minimum absolute atomic E-state index is 0.381. The molecule has 2 heterocycles. The SMILES string of the molecule is CC1=C(c2ccc(-n3c4ccccc4c4cc(-c5ccc6oc7ccccc7c6c5)ccc43)cc2C(C)C)C=CC(Sc2ccccc2C)C1. The molecule has 9 rings (SSSR count). The van der Waals surface area contributed by atoms with Crippen molar-refractivity contribution in [1.29, 1.82) is 0 Å². The Bertz CT molecular complexity index is 2660. The van der Waals surface area contributed by atoms with E-state index in [9.17, 15) is 0 Å².